The van der Waals surface area contributed by atoms with E-state index >= 15 is 0 Å². The van der Waals surface area contributed by atoms with Gasteiger partial charge in [0.15, 0.2) is 0 Å². The van der Waals surface area contributed by atoms with E-state index in [9.17, 15) is 0 Å². The third-order valence-electron chi connectivity index (χ3n) is 3.88. The second-order valence-electron chi connectivity index (χ2n) is 5.45. The number of benzene rings is 1. The third kappa shape index (κ3) is 4.54. The van der Waals surface area contributed by atoms with Crippen LogP contribution in [0.5, 0.6) is 5.75 Å². The molecule has 0 amide bonds. The van der Waals surface area contributed by atoms with Crippen LogP contribution in [-0.4, -0.2) is 13.2 Å². The predicted molar refractivity (Wildman–Crippen MR) is 80.7 cm³/mol. The zero-order valence-electron chi connectivity index (χ0n) is 12.2. The molecule has 0 radical (unpaired) electrons. The molecule has 0 bridgehead atoms. The predicted octanol–water partition coefficient (Wildman–Crippen LogP) is 4.46. The van der Waals surface area contributed by atoms with Crippen molar-refractivity contribution in [3.63, 3.8) is 0 Å². The highest BCUT2D eigenvalue weighted by Gasteiger charge is 2.19. The number of hydrogen-bond acceptors (Lipinski definition) is 2. The van der Waals surface area contributed by atoms with E-state index < -0.39 is 0 Å². The first-order valence-electron chi connectivity index (χ1n) is 7.87. The average molecular weight is 261 g/mol. The fourth-order valence-electron chi connectivity index (χ4n) is 2.74. The molecule has 0 aliphatic carbocycles. The Labute approximate surface area is 117 Å². The van der Waals surface area contributed by atoms with Crippen molar-refractivity contribution >= 4 is 0 Å². The first-order valence-corrected chi connectivity index (χ1v) is 7.87. The Morgan fingerprint density at radius 2 is 1.89 bits per heavy atom. The van der Waals surface area contributed by atoms with Gasteiger partial charge in [0, 0.05) is 18.0 Å². The van der Waals surface area contributed by atoms with Gasteiger partial charge >= 0.3 is 0 Å². The SMILES string of the molecule is CCCCCCCCNC1CCOc2ccccc21. The molecule has 2 nitrogen and oxygen atoms in total. The number of fused-ring (bicyclic) bond motifs is 1. The lowest BCUT2D eigenvalue weighted by Gasteiger charge is -2.26. The molecule has 19 heavy (non-hydrogen) atoms. The number of rotatable bonds is 8. The Hall–Kier alpha value is -1.02. The number of para-hydroxylation sites is 1. The zero-order valence-corrected chi connectivity index (χ0v) is 12.2. The van der Waals surface area contributed by atoms with Crippen LogP contribution >= 0.6 is 0 Å². The molecule has 0 saturated heterocycles. The minimum atomic E-state index is 0.487. The van der Waals surface area contributed by atoms with E-state index in [2.05, 4.69) is 36.5 Å². The number of hydrogen-bond donors (Lipinski definition) is 1. The molecular weight excluding hydrogens is 234 g/mol. The van der Waals surface area contributed by atoms with E-state index in [0.717, 1.165) is 25.3 Å². The van der Waals surface area contributed by atoms with Gasteiger partial charge in [-0.2, -0.15) is 0 Å². The highest BCUT2D eigenvalue weighted by molar-refractivity contribution is 5.37. The second kappa shape index (κ2) is 8.21. The van der Waals surface area contributed by atoms with Gasteiger partial charge in [0.05, 0.1) is 6.61 Å². The minimum absolute atomic E-state index is 0.487. The largest absolute Gasteiger partial charge is 0.493 e. The van der Waals surface area contributed by atoms with Gasteiger partial charge in [-0.15, -0.1) is 0 Å². The summed E-state index contributed by atoms with van der Waals surface area (Å²) in [6.07, 6.45) is 9.25. The summed E-state index contributed by atoms with van der Waals surface area (Å²) in [6, 6.07) is 8.91. The molecule has 0 aromatic heterocycles. The van der Waals surface area contributed by atoms with E-state index in [0.29, 0.717) is 6.04 Å². The van der Waals surface area contributed by atoms with Crippen LogP contribution in [0.1, 0.15) is 63.5 Å². The summed E-state index contributed by atoms with van der Waals surface area (Å²) in [5.74, 6) is 1.06. The third-order valence-corrected chi connectivity index (χ3v) is 3.88. The fourth-order valence-corrected chi connectivity index (χ4v) is 2.74. The quantitative estimate of drug-likeness (QED) is 0.698. The van der Waals surface area contributed by atoms with Crippen LogP contribution in [0.2, 0.25) is 0 Å². The standard InChI is InChI=1S/C17H27NO/c1-2-3-4-5-6-9-13-18-16-12-14-19-17-11-8-7-10-15(16)17/h7-8,10-11,16,18H,2-6,9,12-14H2,1H3. The fraction of sp³-hybridized carbons (Fsp3) is 0.647. The first kappa shape index (κ1) is 14.4. The number of nitrogens with one attached hydrogen (secondary N) is 1. The molecule has 0 saturated carbocycles. The molecule has 1 unspecified atom stereocenters. The van der Waals surface area contributed by atoms with Crippen molar-refractivity contribution in [3.8, 4) is 5.75 Å². The normalized spacial score (nSPS) is 17.8. The summed E-state index contributed by atoms with van der Waals surface area (Å²) in [6.45, 7) is 4.24. The molecule has 0 spiro atoms. The lowest BCUT2D eigenvalue weighted by atomic mass is 10.0. The van der Waals surface area contributed by atoms with E-state index in [4.69, 9.17) is 4.74 Å². The topological polar surface area (TPSA) is 21.3 Å². The van der Waals surface area contributed by atoms with Gasteiger partial charge in [-0.1, -0.05) is 57.2 Å². The van der Waals surface area contributed by atoms with Crippen LogP contribution in [0.15, 0.2) is 24.3 Å². The highest BCUT2D eigenvalue weighted by Crippen LogP contribution is 2.31. The van der Waals surface area contributed by atoms with E-state index in [1.165, 1.54) is 44.1 Å². The van der Waals surface area contributed by atoms with Crippen LogP contribution in [-0.2, 0) is 0 Å². The minimum Gasteiger partial charge on any atom is -0.493 e. The molecule has 1 aromatic carbocycles. The van der Waals surface area contributed by atoms with Crippen molar-refractivity contribution < 1.29 is 4.74 Å². The maximum Gasteiger partial charge on any atom is 0.124 e. The van der Waals surface area contributed by atoms with E-state index in [-0.39, 0.29) is 0 Å². The van der Waals surface area contributed by atoms with Crippen molar-refractivity contribution in [3.05, 3.63) is 29.8 Å². The molecule has 1 aliphatic rings. The maximum absolute atomic E-state index is 5.69. The zero-order chi connectivity index (χ0) is 13.3. The molecule has 1 atom stereocenters. The molecule has 2 heteroatoms. The van der Waals surface area contributed by atoms with Gasteiger partial charge in [-0.05, 0) is 19.0 Å². The van der Waals surface area contributed by atoms with E-state index in [1.807, 2.05) is 0 Å². The molecule has 2 rings (SSSR count). The summed E-state index contributed by atoms with van der Waals surface area (Å²) in [4.78, 5) is 0. The van der Waals surface area contributed by atoms with Crippen LogP contribution in [0, 0.1) is 0 Å². The van der Waals surface area contributed by atoms with Gasteiger partial charge in [-0.25, -0.2) is 0 Å². The molecule has 106 valence electrons. The monoisotopic (exact) mass is 261 g/mol. The summed E-state index contributed by atoms with van der Waals surface area (Å²) in [5, 5.41) is 3.69. The first-order chi connectivity index (χ1) is 9.42. The van der Waals surface area contributed by atoms with Crippen molar-refractivity contribution in [1.82, 2.24) is 5.32 Å². The second-order valence-corrected chi connectivity index (χ2v) is 5.45. The van der Waals surface area contributed by atoms with Crippen LogP contribution in [0.3, 0.4) is 0 Å². The molecule has 1 aliphatic heterocycles. The van der Waals surface area contributed by atoms with Gasteiger partial charge in [0.25, 0.3) is 0 Å². The summed E-state index contributed by atoms with van der Waals surface area (Å²) in [5.41, 5.74) is 1.33. The summed E-state index contributed by atoms with van der Waals surface area (Å²) < 4.78 is 5.69. The van der Waals surface area contributed by atoms with Crippen molar-refractivity contribution in [1.29, 1.82) is 0 Å². The Morgan fingerprint density at radius 1 is 1.11 bits per heavy atom. The molecule has 1 aromatic rings. The Bertz CT molecular complexity index is 364. The smallest absolute Gasteiger partial charge is 0.124 e. The molecular formula is C17H27NO. The van der Waals surface area contributed by atoms with Crippen molar-refractivity contribution in [2.45, 2.75) is 57.9 Å². The van der Waals surface area contributed by atoms with Gasteiger partial charge in [0.1, 0.15) is 5.75 Å². The van der Waals surface area contributed by atoms with Crippen LogP contribution in [0.25, 0.3) is 0 Å². The van der Waals surface area contributed by atoms with Crippen molar-refractivity contribution in [2.24, 2.45) is 0 Å². The molecule has 1 heterocycles. The highest BCUT2D eigenvalue weighted by atomic mass is 16.5. The molecule has 0 fully saturated rings. The summed E-state index contributed by atoms with van der Waals surface area (Å²) in [7, 11) is 0. The van der Waals surface area contributed by atoms with E-state index in [1.54, 1.807) is 0 Å². The Morgan fingerprint density at radius 3 is 2.79 bits per heavy atom. The van der Waals surface area contributed by atoms with Crippen LogP contribution < -0.4 is 10.1 Å². The lowest BCUT2D eigenvalue weighted by Crippen LogP contribution is -2.27. The average Bonchev–Trinajstić information content (AvgIpc) is 2.46. The summed E-state index contributed by atoms with van der Waals surface area (Å²) >= 11 is 0. The molecule has 1 N–H and O–H groups in total. The number of unbranched alkanes of at least 4 members (excludes halogenated alkanes) is 5. The van der Waals surface area contributed by atoms with Gasteiger partial charge < -0.3 is 10.1 Å². The van der Waals surface area contributed by atoms with Gasteiger partial charge in [0.2, 0.25) is 0 Å². The van der Waals surface area contributed by atoms with Crippen LogP contribution in [0.4, 0.5) is 0 Å². The maximum atomic E-state index is 5.69. The lowest BCUT2D eigenvalue weighted by molar-refractivity contribution is 0.252. The van der Waals surface area contributed by atoms with Gasteiger partial charge in [-0.3, -0.25) is 0 Å². The Balaban J connectivity index is 1.67. The Kier molecular flexibility index (Phi) is 6.22. The van der Waals surface area contributed by atoms with Crippen molar-refractivity contribution in [2.75, 3.05) is 13.2 Å². The number of ether oxygens (including phenoxy) is 1.